The van der Waals surface area contributed by atoms with Crippen molar-refractivity contribution in [1.82, 2.24) is 0 Å². The molecule has 4 fully saturated rings. The van der Waals surface area contributed by atoms with E-state index in [1.165, 1.54) is 97.0 Å². The molecule has 1 heterocycles. The molecule has 7 aromatic carbocycles. The molecule has 0 unspecified atom stereocenters. The van der Waals surface area contributed by atoms with E-state index in [0.29, 0.717) is 0 Å². The SMILES string of the molecule is c1ccc(-c2ccc(N(c3ccc4c(c3)sc3ccccc34)c3ccccc3-c3cccc4c3-c3ccccc3C43C4CC5CC(C4)CC3C5)cc2)cc1. The van der Waals surface area contributed by atoms with Gasteiger partial charge < -0.3 is 4.90 Å². The van der Waals surface area contributed by atoms with Crippen LogP contribution in [-0.4, -0.2) is 0 Å². The van der Waals surface area contributed by atoms with Crippen LogP contribution in [0.4, 0.5) is 17.1 Å². The van der Waals surface area contributed by atoms with Gasteiger partial charge in [-0.2, -0.15) is 0 Å². The molecule has 54 heavy (non-hydrogen) atoms. The van der Waals surface area contributed by atoms with Crippen molar-refractivity contribution < 1.29 is 0 Å². The van der Waals surface area contributed by atoms with Gasteiger partial charge in [0.2, 0.25) is 0 Å². The van der Waals surface area contributed by atoms with Crippen molar-refractivity contribution in [3.05, 3.63) is 175 Å². The Hall–Kier alpha value is -5.44. The topological polar surface area (TPSA) is 3.24 Å². The molecule has 1 nitrogen and oxygen atoms in total. The average molecular weight is 712 g/mol. The highest BCUT2D eigenvalue weighted by Crippen LogP contribution is 2.70. The van der Waals surface area contributed by atoms with Gasteiger partial charge in [0.05, 0.1) is 5.69 Å². The summed E-state index contributed by atoms with van der Waals surface area (Å²) in [5, 5.41) is 2.66. The predicted octanol–water partition coefficient (Wildman–Crippen LogP) is 14.6. The third-order valence-corrected chi connectivity index (χ3v) is 15.0. The van der Waals surface area contributed by atoms with Gasteiger partial charge in [0, 0.05) is 42.5 Å². The largest absolute Gasteiger partial charge is 0.310 e. The molecule has 8 aromatic rings. The van der Waals surface area contributed by atoms with Crippen LogP contribution in [0.5, 0.6) is 0 Å². The highest BCUT2D eigenvalue weighted by molar-refractivity contribution is 7.25. The van der Waals surface area contributed by atoms with Crippen molar-refractivity contribution in [1.29, 1.82) is 0 Å². The van der Waals surface area contributed by atoms with E-state index in [1.807, 2.05) is 11.3 Å². The molecule has 0 aliphatic heterocycles. The summed E-state index contributed by atoms with van der Waals surface area (Å²) in [5.41, 5.74) is 15.0. The normalized spacial score (nSPS) is 23.3. The van der Waals surface area contributed by atoms with Crippen LogP contribution >= 0.6 is 11.3 Å². The van der Waals surface area contributed by atoms with E-state index in [4.69, 9.17) is 0 Å². The fraction of sp³-hybridized carbons (Fsp3) is 0.192. The molecule has 1 aromatic heterocycles. The van der Waals surface area contributed by atoms with Gasteiger partial charge in [-0.3, -0.25) is 0 Å². The molecule has 4 saturated carbocycles. The smallest absolute Gasteiger partial charge is 0.0540 e. The van der Waals surface area contributed by atoms with E-state index >= 15 is 0 Å². The first-order valence-corrected chi connectivity index (χ1v) is 20.8. The quantitative estimate of drug-likeness (QED) is 0.172. The standard InChI is InChI=1S/C52H41NS/c1-2-11-35(12-3-1)36-21-23-39(24-22-36)53(40-25-26-43-42-14-6-9-20-49(42)54-50(43)32-40)48-19-8-5-13-41(48)44-16-10-18-47-51(44)45-15-4-7-17-46(45)52(47)37-28-33-27-34(30-37)31-38(52)29-33/h1-26,32-34,37-38H,27-31H2. The first-order chi connectivity index (χ1) is 26.7. The number of para-hydroxylation sites is 1. The van der Waals surface area contributed by atoms with Crippen LogP contribution in [0.3, 0.4) is 0 Å². The molecule has 0 saturated heterocycles. The lowest BCUT2D eigenvalue weighted by molar-refractivity contribution is -0.0399. The first-order valence-electron chi connectivity index (χ1n) is 19.9. The fourth-order valence-electron chi connectivity index (χ4n) is 12.0. The minimum atomic E-state index is 0.142. The third-order valence-electron chi connectivity index (χ3n) is 13.9. The maximum absolute atomic E-state index is 2.53. The summed E-state index contributed by atoms with van der Waals surface area (Å²) < 4.78 is 2.65. The second kappa shape index (κ2) is 11.8. The van der Waals surface area contributed by atoms with Crippen molar-refractivity contribution >= 4 is 48.6 Å². The molecular weight excluding hydrogens is 671 g/mol. The van der Waals surface area contributed by atoms with Crippen LogP contribution in [-0.2, 0) is 5.41 Å². The summed E-state index contributed by atoms with van der Waals surface area (Å²) in [4.78, 5) is 2.51. The lowest BCUT2D eigenvalue weighted by Crippen LogP contribution is -2.55. The minimum absolute atomic E-state index is 0.142. The van der Waals surface area contributed by atoms with E-state index in [-0.39, 0.29) is 5.41 Å². The van der Waals surface area contributed by atoms with E-state index < -0.39 is 0 Å². The zero-order chi connectivity index (χ0) is 35.4. The minimum Gasteiger partial charge on any atom is -0.310 e. The molecule has 2 heteroatoms. The maximum Gasteiger partial charge on any atom is 0.0540 e. The first kappa shape index (κ1) is 31.0. The van der Waals surface area contributed by atoms with Crippen LogP contribution < -0.4 is 4.90 Å². The highest BCUT2D eigenvalue weighted by Gasteiger charge is 2.61. The van der Waals surface area contributed by atoms with E-state index in [0.717, 1.165) is 29.4 Å². The average Bonchev–Trinajstić information content (AvgIpc) is 3.74. The number of fused-ring (bicyclic) bond motifs is 6. The summed E-state index contributed by atoms with van der Waals surface area (Å²) in [5.74, 6) is 3.35. The molecule has 260 valence electrons. The molecule has 5 aliphatic carbocycles. The Balaban J connectivity index is 1.07. The van der Waals surface area contributed by atoms with E-state index in [1.54, 1.807) is 11.1 Å². The maximum atomic E-state index is 2.53. The Morgan fingerprint density at radius 2 is 1.06 bits per heavy atom. The molecule has 0 atom stereocenters. The Morgan fingerprint density at radius 1 is 0.444 bits per heavy atom. The molecule has 13 rings (SSSR count). The third kappa shape index (κ3) is 4.38. The Morgan fingerprint density at radius 3 is 1.87 bits per heavy atom. The zero-order valence-corrected chi connectivity index (χ0v) is 31.1. The summed E-state index contributed by atoms with van der Waals surface area (Å²) in [6.45, 7) is 0. The molecule has 0 radical (unpaired) electrons. The van der Waals surface area contributed by atoms with Gasteiger partial charge >= 0.3 is 0 Å². The monoisotopic (exact) mass is 711 g/mol. The van der Waals surface area contributed by atoms with Crippen molar-refractivity contribution in [3.63, 3.8) is 0 Å². The highest BCUT2D eigenvalue weighted by atomic mass is 32.1. The van der Waals surface area contributed by atoms with Crippen molar-refractivity contribution in [2.75, 3.05) is 4.90 Å². The molecule has 5 aliphatic rings. The number of anilines is 3. The van der Waals surface area contributed by atoms with Crippen molar-refractivity contribution in [2.45, 2.75) is 37.5 Å². The van der Waals surface area contributed by atoms with Crippen LogP contribution in [0.25, 0.3) is 53.6 Å². The van der Waals surface area contributed by atoms with Crippen LogP contribution in [0.1, 0.15) is 43.2 Å². The molecule has 0 amide bonds. The Labute approximate surface area is 321 Å². The predicted molar refractivity (Wildman–Crippen MR) is 228 cm³/mol. The van der Waals surface area contributed by atoms with Gasteiger partial charge in [0.15, 0.2) is 0 Å². The van der Waals surface area contributed by atoms with Crippen molar-refractivity contribution in [2.24, 2.45) is 23.7 Å². The fourth-order valence-corrected chi connectivity index (χ4v) is 13.2. The number of nitrogens with zero attached hydrogens (tertiary/aromatic N) is 1. The van der Waals surface area contributed by atoms with Crippen LogP contribution in [0, 0.1) is 23.7 Å². The number of benzene rings is 7. The number of hydrogen-bond donors (Lipinski definition) is 0. The zero-order valence-electron chi connectivity index (χ0n) is 30.3. The Bertz CT molecular complexity index is 2710. The molecular formula is C52H41NS. The van der Waals surface area contributed by atoms with Gasteiger partial charge in [-0.1, -0.05) is 127 Å². The second-order valence-electron chi connectivity index (χ2n) is 16.5. The van der Waals surface area contributed by atoms with E-state index in [9.17, 15) is 0 Å². The number of rotatable bonds is 5. The molecule has 1 spiro atoms. The molecule has 0 N–H and O–H groups in total. The summed E-state index contributed by atoms with van der Waals surface area (Å²) >= 11 is 1.89. The summed E-state index contributed by atoms with van der Waals surface area (Å²) in [6.07, 6.45) is 7.06. The van der Waals surface area contributed by atoms with Crippen molar-refractivity contribution in [3.8, 4) is 33.4 Å². The molecule has 4 bridgehead atoms. The van der Waals surface area contributed by atoms with Gasteiger partial charge in [-0.25, -0.2) is 0 Å². The lowest BCUT2D eigenvalue weighted by atomic mass is 9.43. The van der Waals surface area contributed by atoms with Crippen LogP contribution in [0.15, 0.2) is 164 Å². The van der Waals surface area contributed by atoms with E-state index in [2.05, 4.69) is 169 Å². The number of thiophene rings is 1. The summed E-state index contributed by atoms with van der Waals surface area (Å²) in [6, 6.07) is 61.8. The van der Waals surface area contributed by atoms with Gasteiger partial charge in [-0.05, 0) is 131 Å². The Kier molecular flexibility index (Phi) is 6.75. The van der Waals surface area contributed by atoms with Crippen LogP contribution in [0.2, 0.25) is 0 Å². The number of hydrogen-bond acceptors (Lipinski definition) is 2. The van der Waals surface area contributed by atoms with Gasteiger partial charge in [0.25, 0.3) is 0 Å². The summed E-state index contributed by atoms with van der Waals surface area (Å²) in [7, 11) is 0. The second-order valence-corrected chi connectivity index (χ2v) is 17.6. The van der Waals surface area contributed by atoms with Gasteiger partial charge in [-0.15, -0.1) is 11.3 Å². The van der Waals surface area contributed by atoms with Gasteiger partial charge in [0.1, 0.15) is 0 Å². The lowest BCUT2D eigenvalue weighted by Gasteiger charge is -2.61.